The van der Waals surface area contributed by atoms with Gasteiger partial charge in [-0.05, 0) is 44.0 Å². The number of carbonyl (C=O) groups is 1. The van der Waals surface area contributed by atoms with E-state index in [0.29, 0.717) is 12.0 Å². The highest BCUT2D eigenvalue weighted by Crippen LogP contribution is 2.50. The Morgan fingerprint density at radius 1 is 1.23 bits per heavy atom. The first-order valence-electron chi connectivity index (χ1n) is 8.96. The van der Waals surface area contributed by atoms with Crippen molar-refractivity contribution in [2.75, 3.05) is 5.32 Å². The zero-order valence-electron chi connectivity index (χ0n) is 15.4. The van der Waals surface area contributed by atoms with Crippen molar-refractivity contribution in [2.24, 2.45) is 0 Å². The van der Waals surface area contributed by atoms with Crippen LogP contribution >= 0.6 is 0 Å². The summed E-state index contributed by atoms with van der Waals surface area (Å²) < 4.78 is 6.32. The summed E-state index contributed by atoms with van der Waals surface area (Å²) in [5.41, 5.74) is 7.18. The Kier molecular flexibility index (Phi) is 3.76. The molecule has 0 radical (unpaired) electrons. The van der Waals surface area contributed by atoms with Crippen molar-refractivity contribution < 1.29 is 9.53 Å². The third-order valence-electron chi connectivity index (χ3n) is 5.10. The highest BCUT2D eigenvalue weighted by Gasteiger charge is 2.33. The standard InChI is InChI=1S/C23H23NO2/c1-5-7-18-22-16(21-15(13-25)8-6-9-19(21)26-18)10-11-17-20(22)14(2)12-23(3,4)24-17/h5-6,8-13,18,24H,1,7H2,2-4H3. The number of nitrogens with one attached hydrogen (secondary N) is 1. The Labute approximate surface area is 154 Å². The van der Waals surface area contributed by atoms with Gasteiger partial charge in [-0.25, -0.2) is 0 Å². The number of allylic oxidation sites excluding steroid dienone is 1. The first-order chi connectivity index (χ1) is 12.4. The molecule has 3 nitrogen and oxygen atoms in total. The molecule has 1 atom stereocenters. The Morgan fingerprint density at radius 3 is 2.77 bits per heavy atom. The minimum absolute atomic E-state index is 0.0966. The third kappa shape index (κ3) is 2.47. The van der Waals surface area contributed by atoms with E-state index in [4.69, 9.17) is 4.74 Å². The van der Waals surface area contributed by atoms with Crippen LogP contribution in [0.2, 0.25) is 0 Å². The van der Waals surface area contributed by atoms with Gasteiger partial charge in [0.1, 0.15) is 11.9 Å². The van der Waals surface area contributed by atoms with Gasteiger partial charge in [0.05, 0.1) is 5.54 Å². The summed E-state index contributed by atoms with van der Waals surface area (Å²) >= 11 is 0. The molecule has 26 heavy (non-hydrogen) atoms. The molecule has 2 aliphatic heterocycles. The van der Waals surface area contributed by atoms with Gasteiger partial charge >= 0.3 is 0 Å². The molecule has 2 aromatic rings. The van der Waals surface area contributed by atoms with E-state index in [1.54, 1.807) is 0 Å². The van der Waals surface area contributed by atoms with E-state index in [0.717, 1.165) is 34.4 Å². The highest BCUT2D eigenvalue weighted by atomic mass is 16.5. The number of hydrogen-bond acceptors (Lipinski definition) is 3. The molecule has 0 saturated heterocycles. The predicted octanol–water partition coefficient (Wildman–Crippen LogP) is 5.78. The molecule has 0 aliphatic carbocycles. The predicted molar refractivity (Wildman–Crippen MR) is 107 cm³/mol. The topological polar surface area (TPSA) is 38.3 Å². The summed E-state index contributed by atoms with van der Waals surface area (Å²) in [4.78, 5) is 11.6. The van der Waals surface area contributed by atoms with E-state index in [1.165, 1.54) is 11.1 Å². The van der Waals surface area contributed by atoms with Crippen LogP contribution in [-0.4, -0.2) is 11.8 Å². The van der Waals surface area contributed by atoms with Gasteiger partial charge in [0, 0.05) is 34.4 Å². The minimum Gasteiger partial charge on any atom is -0.485 e. The van der Waals surface area contributed by atoms with Gasteiger partial charge in [0.15, 0.2) is 6.29 Å². The molecular formula is C23H23NO2. The average Bonchev–Trinajstić information content (AvgIpc) is 2.59. The summed E-state index contributed by atoms with van der Waals surface area (Å²) in [6.45, 7) is 10.4. The molecule has 132 valence electrons. The SMILES string of the molecule is C=CCC1Oc2cccc(C=O)c2-c2ccc3c(c21)C(C)=CC(C)(C)N3. The molecule has 3 heteroatoms. The summed E-state index contributed by atoms with van der Waals surface area (Å²) in [5, 5.41) is 3.60. The van der Waals surface area contributed by atoms with E-state index in [-0.39, 0.29) is 11.6 Å². The second kappa shape index (κ2) is 5.87. The van der Waals surface area contributed by atoms with Crippen molar-refractivity contribution >= 4 is 17.5 Å². The van der Waals surface area contributed by atoms with Gasteiger partial charge in [-0.2, -0.15) is 0 Å². The number of rotatable bonds is 3. The molecular weight excluding hydrogens is 322 g/mol. The number of ether oxygens (including phenoxy) is 1. The molecule has 1 N–H and O–H groups in total. The lowest BCUT2D eigenvalue weighted by atomic mass is 9.80. The molecule has 0 spiro atoms. The van der Waals surface area contributed by atoms with Crippen LogP contribution in [0.3, 0.4) is 0 Å². The molecule has 1 unspecified atom stereocenters. The lowest BCUT2D eigenvalue weighted by Gasteiger charge is -2.37. The zero-order chi connectivity index (χ0) is 18.5. The molecule has 2 heterocycles. The number of hydrogen-bond donors (Lipinski definition) is 1. The van der Waals surface area contributed by atoms with Gasteiger partial charge in [-0.15, -0.1) is 6.58 Å². The smallest absolute Gasteiger partial charge is 0.150 e. The van der Waals surface area contributed by atoms with Gasteiger partial charge in [0.25, 0.3) is 0 Å². The second-order valence-corrected chi connectivity index (χ2v) is 7.59. The molecule has 2 aromatic carbocycles. The van der Waals surface area contributed by atoms with E-state index in [9.17, 15) is 4.79 Å². The number of aldehydes is 1. The molecule has 2 aliphatic rings. The summed E-state index contributed by atoms with van der Waals surface area (Å²) in [7, 11) is 0. The van der Waals surface area contributed by atoms with Crippen molar-refractivity contribution in [3.8, 4) is 16.9 Å². The molecule has 0 aromatic heterocycles. The van der Waals surface area contributed by atoms with Gasteiger partial charge in [-0.3, -0.25) is 4.79 Å². The third-order valence-corrected chi connectivity index (χ3v) is 5.10. The Bertz CT molecular complexity index is 953. The number of anilines is 1. The molecule has 4 rings (SSSR count). The number of fused-ring (bicyclic) bond motifs is 5. The van der Waals surface area contributed by atoms with E-state index >= 15 is 0 Å². The van der Waals surface area contributed by atoms with Crippen LogP contribution in [0.15, 0.2) is 49.1 Å². The van der Waals surface area contributed by atoms with E-state index < -0.39 is 0 Å². The minimum atomic E-state index is -0.113. The maximum atomic E-state index is 11.6. The van der Waals surface area contributed by atoms with Crippen LogP contribution in [0.5, 0.6) is 5.75 Å². The Hall–Kier alpha value is -2.81. The van der Waals surface area contributed by atoms with Crippen molar-refractivity contribution in [3.63, 3.8) is 0 Å². The van der Waals surface area contributed by atoms with Crippen LogP contribution in [0.4, 0.5) is 5.69 Å². The van der Waals surface area contributed by atoms with Gasteiger partial charge in [0.2, 0.25) is 0 Å². The molecule has 0 bridgehead atoms. The van der Waals surface area contributed by atoms with Crippen molar-refractivity contribution in [3.05, 3.63) is 65.8 Å². The fourth-order valence-electron chi connectivity index (χ4n) is 4.26. The van der Waals surface area contributed by atoms with E-state index in [2.05, 4.69) is 50.9 Å². The maximum Gasteiger partial charge on any atom is 0.150 e. The molecule has 0 fully saturated rings. The van der Waals surface area contributed by atoms with Gasteiger partial charge < -0.3 is 10.1 Å². The molecule has 0 saturated carbocycles. The normalized spacial score (nSPS) is 19.0. The lowest BCUT2D eigenvalue weighted by molar-refractivity contribution is 0.112. The van der Waals surface area contributed by atoms with Crippen LogP contribution < -0.4 is 10.1 Å². The summed E-state index contributed by atoms with van der Waals surface area (Å²) in [6, 6.07) is 9.88. The Morgan fingerprint density at radius 2 is 2.04 bits per heavy atom. The molecule has 0 amide bonds. The number of benzene rings is 2. The largest absolute Gasteiger partial charge is 0.485 e. The second-order valence-electron chi connectivity index (χ2n) is 7.59. The first-order valence-corrected chi connectivity index (χ1v) is 8.96. The van der Waals surface area contributed by atoms with Crippen LogP contribution in [0, 0.1) is 0 Å². The van der Waals surface area contributed by atoms with Crippen LogP contribution in [0.1, 0.15) is 54.8 Å². The Balaban J connectivity index is 2.04. The first kappa shape index (κ1) is 16.6. The lowest BCUT2D eigenvalue weighted by Crippen LogP contribution is -2.32. The maximum absolute atomic E-state index is 11.6. The van der Waals surface area contributed by atoms with Gasteiger partial charge in [-0.1, -0.05) is 30.4 Å². The van der Waals surface area contributed by atoms with Crippen LogP contribution in [-0.2, 0) is 0 Å². The summed E-state index contributed by atoms with van der Waals surface area (Å²) in [5.74, 6) is 0.764. The zero-order valence-corrected chi connectivity index (χ0v) is 15.4. The quantitative estimate of drug-likeness (QED) is 0.566. The summed E-state index contributed by atoms with van der Waals surface area (Å²) in [6.07, 6.45) is 5.65. The highest BCUT2D eigenvalue weighted by molar-refractivity contribution is 5.96. The van der Waals surface area contributed by atoms with Crippen LogP contribution in [0.25, 0.3) is 16.7 Å². The number of carbonyl (C=O) groups excluding carboxylic acids is 1. The average molecular weight is 345 g/mol. The van der Waals surface area contributed by atoms with Crippen molar-refractivity contribution in [1.29, 1.82) is 0 Å². The fraction of sp³-hybridized carbons (Fsp3) is 0.261. The van der Waals surface area contributed by atoms with Crippen molar-refractivity contribution in [2.45, 2.75) is 38.8 Å². The monoisotopic (exact) mass is 345 g/mol. The fourth-order valence-corrected chi connectivity index (χ4v) is 4.26. The van der Waals surface area contributed by atoms with E-state index in [1.807, 2.05) is 24.3 Å². The van der Waals surface area contributed by atoms with Crippen molar-refractivity contribution in [1.82, 2.24) is 0 Å².